The van der Waals surface area contributed by atoms with Gasteiger partial charge in [0.15, 0.2) is 0 Å². The Hall–Kier alpha value is -1.01. The van der Waals surface area contributed by atoms with Crippen molar-refractivity contribution in [3.63, 3.8) is 0 Å². The van der Waals surface area contributed by atoms with E-state index in [2.05, 4.69) is 25.9 Å². The summed E-state index contributed by atoms with van der Waals surface area (Å²) in [5.74, 6) is 0.0255. The molecule has 1 aromatic heterocycles. The standard InChI is InChI=1S/C10H11BrN2O3/c11-6-4-12-10(5-1-2-5)13-9(6)7(14)3-8(15)16/h4-5,7,14H,1-3H2,(H,15,16). The minimum absolute atomic E-state index is 0.348. The molecular formula is C10H11BrN2O3. The average molecular weight is 287 g/mol. The molecule has 1 saturated carbocycles. The van der Waals surface area contributed by atoms with Crippen molar-refractivity contribution in [3.05, 3.63) is 22.2 Å². The molecule has 0 bridgehead atoms. The van der Waals surface area contributed by atoms with Crippen LogP contribution < -0.4 is 0 Å². The smallest absolute Gasteiger partial charge is 0.306 e. The molecule has 2 rings (SSSR count). The molecule has 0 aromatic carbocycles. The van der Waals surface area contributed by atoms with Gasteiger partial charge < -0.3 is 10.2 Å². The lowest BCUT2D eigenvalue weighted by atomic mass is 10.2. The van der Waals surface area contributed by atoms with E-state index in [1.165, 1.54) is 0 Å². The summed E-state index contributed by atoms with van der Waals surface area (Å²) >= 11 is 3.21. The van der Waals surface area contributed by atoms with Crippen LogP contribution in [0, 0.1) is 0 Å². The quantitative estimate of drug-likeness (QED) is 0.879. The zero-order valence-electron chi connectivity index (χ0n) is 8.43. The summed E-state index contributed by atoms with van der Waals surface area (Å²) in [4.78, 5) is 18.9. The van der Waals surface area contributed by atoms with Crippen molar-refractivity contribution in [1.82, 2.24) is 9.97 Å². The Balaban J connectivity index is 2.23. The molecule has 1 heterocycles. The van der Waals surface area contributed by atoms with Crippen LogP contribution in [0.1, 0.15) is 42.8 Å². The van der Waals surface area contributed by atoms with Gasteiger partial charge in [-0.05, 0) is 28.8 Å². The van der Waals surface area contributed by atoms with Crippen LogP contribution >= 0.6 is 15.9 Å². The number of carboxylic acids is 1. The summed E-state index contributed by atoms with van der Waals surface area (Å²) in [6, 6.07) is 0. The van der Waals surface area contributed by atoms with E-state index in [4.69, 9.17) is 5.11 Å². The van der Waals surface area contributed by atoms with Gasteiger partial charge in [-0.1, -0.05) is 0 Å². The summed E-state index contributed by atoms with van der Waals surface area (Å²) in [6.45, 7) is 0. The summed E-state index contributed by atoms with van der Waals surface area (Å²) in [5, 5.41) is 18.3. The van der Waals surface area contributed by atoms with Crippen molar-refractivity contribution < 1.29 is 15.0 Å². The Kier molecular flexibility index (Phi) is 3.20. The van der Waals surface area contributed by atoms with Crippen LogP contribution in [0.25, 0.3) is 0 Å². The highest BCUT2D eigenvalue weighted by Gasteiger charge is 2.28. The molecule has 6 heteroatoms. The van der Waals surface area contributed by atoms with Gasteiger partial charge in [-0.15, -0.1) is 0 Å². The maximum absolute atomic E-state index is 10.5. The molecular weight excluding hydrogens is 276 g/mol. The van der Waals surface area contributed by atoms with Crippen LogP contribution in [-0.4, -0.2) is 26.2 Å². The Morgan fingerprint density at radius 3 is 2.88 bits per heavy atom. The van der Waals surface area contributed by atoms with Gasteiger partial charge in [-0.3, -0.25) is 4.79 Å². The molecule has 5 nitrogen and oxygen atoms in total. The fourth-order valence-corrected chi connectivity index (χ4v) is 1.88. The molecule has 2 N–H and O–H groups in total. The number of carbonyl (C=O) groups is 1. The fraction of sp³-hybridized carbons (Fsp3) is 0.500. The number of nitrogens with zero attached hydrogens (tertiary/aromatic N) is 2. The van der Waals surface area contributed by atoms with E-state index in [0.29, 0.717) is 21.9 Å². The molecule has 1 aromatic rings. The lowest BCUT2D eigenvalue weighted by Crippen LogP contribution is -2.09. The SMILES string of the molecule is O=C(O)CC(O)c1nc(C2CC2)ncc1Br. The van der Waals surface area contributed by atoms with Crippen LogP contribution in [0.4, 0.5) is 0 Å². The van der Waals surface area contributed by atoms with Crippen LogP contribution in [0.2, 0.25) is 0 Å². The molecule has 1 fully saturated rings. The Morgan fingerprint density at radius 1 is 1.62 bits per heavy atom. The second-order valence-corrected chi connectivity index (χ2v) is 4.70. The van der Waals surface area contributed by atoms with E-state index in [1.54, 1.807) is 6.20 Å². The fourth-order valence-electron chi connectivity index (χ4n) is 1.43. The van der Waals surface area contributed by atoms with Gasteiger partial charge in [0.05, 0.1) is 16.6 Å². The van der Waals surface area contributed by atoms with Gasteiger partial charge in [-0.2, -0.15) is 0 Å². The molecule has 1 atom stereocenters. The number of aliphatic hydroxyl groups excluding tert-OH is 1. The van der Waals surface area contributed by atoms with Crippen LogP contribution in [-0.2, 0) is 4.79 Å². The first-order valence-electron chi connectivity index (χ1n) is 5.00. The molecule has 1 aliphatic carbocycles. The van der Waals surface area contributed by atoms with Crippen molar-refractivity contribution in [1.29, 1.82) is 0 Å². The van der Waals surface area contributed by atoms with Crippen LogP contribution in [0.3, 0.4) is 0 Å². The molecule has 0 radical (unpaired) electrons. The second kappa shape index (κ2) is 4.47. The molecule has 0 aliphatic heterocycles. The first kappa shape index (κ1) is 11.5. The molecule has 0 amide bonds. The minimum Gasteiger partial charge on any atom is -0.481 e. The molecule has 16 heavy (non-hydrogen) atoms. The number of aromatic nitrogens is 2. The number of hydrogen-bond donors (Lipinski definition) is 2. The van der Waals surface area contributed by atoms with Crippen LogP contribution in [0.15, 0.2) is 10.7 Å². The normalized spacial score (nSPS) is 17.1. The molecule has 1 unspecified atom stereocenters. The molecule has 0 saturated heterocycles. The van der Waals surface area contributed by atoms with E-state index < -0.39 is 12.1 Å². The number of rotatable bonds is 4. The van der Waals surface area contributed by atoms with Crippen LogP contribution in [0.5, 0.6) is 0 Å². The number of hydrogen-bond acceptors (Lipinski definition) is 4. The topological polar surface area (TPSA) is 83.3 Å². The highest BCUT2D eigenvalue weighted by molar-refractivity contribution is 9.10. The minimum atomic E-state index is -1.09. The van der Waals surface area contributed by atoms with Gasteiger partial charge in [0.2, 0.25) is 0 Å². The zero-order chi connectivity index (χ0) is 11.7. The molecule has 1 aliphatic rings. The number of aliphatic carboxylic acids is 1. The molecule has 86 valence electrons. The van der Waals surface area contributed by atoms with Gasteiger partial charge in [-0.25, -0.2) is 9.97 Å². The molecule has 0 spiro atoms. The Bertz CT molecular complexity index is 421. The highest BCUT2D eigenvalue weighted by atomic mass is 79.9. The van der Waals surface area contributed by atoms with E-state index in [-0.39, 0.29) is 6.42 Å². The lowest BCUT2D eigenvalue weighted by molar-refractivity contribution is -0.139. The van der Waals surface area contributed by atoms with Crippen molar-refractivity contribution in [2.24, 2.45) is 0 Å². The first-order chi connectivity index (χ1) is 7.58. The van der Waals surface area contributed by atoms with Gasteiger partial charge in [0, 0.05) is 12.1 Å². The number of carboxylic acid groups (broad SMARTS) is 1. The van der Waals surface area contributed by atoms with E-state index in [9.17, 15) is 9.90 Å². The maximum Gasteiger partial charge on any atom is 0.306 e. The van der Waals surface area contributed by atoms with Crippen molar-refractivity contribution in [2.75, 3.05) is 0 Å². The predicted molar refractivity (Wildman–Crippen MR) is 58.9 cm³/mol. The summed E-state index contributed by atoms with van der Waals surface area (Å²) in [7, 11) is 0. The highest BCUT2D eigenvalue weighted by Crippen LogP contribution is 2.38. The van der Waals surface area contributed by atoms with Gasteiger partial charge >= 0.3 is 5.97 Å². The Morgan fingerprint density at radius 2 is 2.31 bits per heavy atom. The average Bonchev–Trinajstić information content (AvgIpc) is 3.00. The monoisotopic (exact) mass is 286 g/mol. The van der Waals surface area contributed by atoms with Crippen molar-refractivity contribution in [3.8, 4) is 0 Å². The largest absolute Gasteiger partial charge is 0.481 e. The van der Waals surface area contributed by atoms with Crippen molar-refractivity contribution in [2.45, 2.75) is 31.3 Å². The van der Waals surface area contributed by atoms with E-state index in [1.807, 2.05) is 0 Å². The van der Waals surface area contributed by atoms with E-state index >= 15 is 0 Å². The van der Waals surface area contributed by atoms with E-state index in [0.717, 1.165) is 12.8 Å². The number of halogens is 1. The number of aliphatic hydroxyl groups is 1. The summed E-state index contributed by atoms with van der Waals surface area (Å²) in [6.07, 6.45) is 2.26. The van der Waals surface area contributed by atoms with Gasteiger partial charge in [0.1, 0.15) is 11.9 Å². The predicted octanol–water partition coefficient (Wildman–Crippen LogP) is 1.62. The Labute approximate surface area is 101 Å². The third-order valence-electron chi connectivity index (χ3n) is 2.42. The van der Waals surface area contributed by atoms with Gasteiger partial charge in [0.25, 0.3) is 0 Å². The zero-order valence-corrected chi connectivity index (χ0v) is 10.0. The maximum atomic E-state index is 10.5. The summed E-state index contributed by atoms with van der Waals surface area (Å²) < 4.78 is 0.547. The third kappa shape index (κ3) is 2.56. The second-order valence-electron chi connectivity index (χ2n) is 3.85. The van der Waals surface area contributed by atoms with Crippen molar-refractivity contribution >= 4 is 21.9 Å². The lowest BCUT2D eigenvalue weighted by Gasteiger charge is -2.10. The summed E-state index contributed by atoms with van der Waals surface area (Å²) in [5.41, 5.74) is 0.360. The third-order valence-corrected chi connectivity index (χ3v) is 3.03. The first-order valence-corrected chi connectivity index (χ1v) is 5.79.